The summed E-state index contributed by atoms with van der Waals surface area (Å²) in [4.78, 5) is 23.9. The number of methoxy groups -OCH3 is 1. The van der Waals surface area contributed by atoms with Crippen LogP contribution in [0.4, 0.5) is 4.39 Å². The molecule has 5 nitrogen and oxygen atoms in total. The first kappa shape index (κ1) is 20.1. The molecule has 0 spiro atoms. The molecule has 29 heavy (non-hydrogen) atoms. The summed E-state index contributed by atoms with van der Waals surface area (Å²) in [5, 5.41) is 0. The fourth-order valence-corrected chi connectivity index (χ4v) is 2.58. The number of halogens is 1. The predicted molar refractivity (Wildman–Crippen MR) is 104 cm³/mol. The summed E-state index contributed by atoms with van der Waals surface area (Å²) in [5.41, 5.74) is 2.22. The van der Waals surface area contributed by atoms with Crippen LogP contribution in [0.1, 0.15) is 31.8 Å². The van der Waals surface area contributed by atoms with Crippen LogP contribution < -0.4 is 4.74 Å². The van der Waals surface area contributed by atoms with Crippen molar-refractivity contribution in [3.05, 3.63) is 101 Å². The summed E-state index contributed by atoms with van der Waals surface area (Å²) in [5.74, 6) is -0.905. The van der Waals surface area contributed by atoms with Crippen molar-refractivity contribution in [1.29, 1.82) is 0 Å². The SMILES string of the molecule is COC(=O)c1ccc(COC(=O)c2ccccc2OCc2ccc(F)cc2)cc1. The fraction of sp³-hybridized carbons (Fsp3) is 0.130. The molecule has 0 aliphatic carbocycles. The van der Waals surface area contributed by atoms with Crippen molar-refractivity contribution in [3.63, 3.8) is 0 Å². The van der Waals surface area contributed by atoms with E-state index < -0.39 is 11.9 Å². The van der Waals surface area contributed by atoms with Gasteiger partial charge in [-0.2, -0.15) is 0 Å². The third kappa shape index (κ3) is 5.42. The molecule has 0 radical (unpaired) electrons. The summed E-state index contributed by atoms with van der Waals surface area (Å²) in [6.07, 6.45) is 0. The van der Waals surface area contributed by atoms with Gasteiger partial charge >= 0.3 is 11.9 Å². The first-order chi connectivity index (χ1) is 14.1. The van der Waals surface area contributed by atoms with E-state index in [0.29, 0.717) is 16.9 Å². The lowest BCUT2D eigenvalue weighted by molar-refractivity contribution is 0.0466. The molecule has 0 aliphatic heterocycles. The molecule has 0 amide bonds. The molecule has 0 saturated carbocycles. The highest BCUT2D eigenvalue weighted by atomic mass is 19.1. The minimum absolute atomic E-state index is 0.0482. The second kappa shape index (κ2) is 9.50. The van der Waals surface area contributed by atoms with Gasteiger partial charge in [-0.3, -0.25) is 0 Å². The van der Waals surface area contributed by atoms with E-state index in [9.17, 15) is 14.0 Å². The molecule has 0 heterocycles. The molecule has 0 bridgehead atoms. The second-order valence-electron chi connectivity index (χ2n) is 6.18. The average molecular weight is 394 g/mol. The van der Waals surface area contributed by atoms with Crippen molar-refractivity contribution in [3.8, 4) is 5.75 Å². The van der Waals surface area contributed by atoms with Crippen molar-refractivity contribution in [1.82, 2.24) is 0 Å². The Bertz CT molecular complexity index is 981. The number of carbonyl (C=O) groups is 2. The summed E-state index contributed by atoms with van der Waals surface area (Å²) >= 11 is 0. The monoisotopic (exact) mass is 394 g/mol. The zero-order valence-corrected chi connectivity index (χ0v) is 15.8. The minimum atomic E-state index is -0.531. The second-order valence-corrected chi connectivity index (χ2v) is 6.18. The Hall–Kier alpha value is -3.67. The Kier molecular flexibility index (Phi) is 6.58. The van der Waals surface area contributed by atoms with Crippen LogP contribution in [0.5, 0.6) is 5.75 Å². The molecule has 0 aliphatic rings. The minimum Gasteiger partial charge on any atom is -0.488 e. The van der Waals surface area contributed by atoms with Gasteiger partial charge < -0.3 is 14.2 Å². The number of benzene rings is 3. The predicted octanol–water partition coefficient (Wildman–Crippen LogP) is 4.55. The lowest BCUT2D eigenvalue weighted by Crippen LogP contribution is -2.08. The number of ether oxygens (including phenoxy) is 3. The molecular formula is C23H19FO5. The first-order valence-corrected chi connectivity index (χ1v) is 8.87. The Balaban J connectivity index is 1.62. The van der Waals surface area contributed by atoms with Gasteiger partial charge in [0.2, 0.25) is 0 Å². The average Bonchev–Trinajstić information content (AvgIpc) is 2.77. The third-order valence-corrected chi connectivity index (χ3v) is 4.16. The molecule has 6 heteroatoms. The number of para-hydroxylation sites is 1. The number of hydrogen-bond acceptors (Lipinski definition) is 5. The van der Waals surface area contributed by atoms with Gasteiger partial charge in [-0.1, -0.05) is 36.4 Å². The molecule has 0 unspecified atom stereocenters. The standard InChI is InChI=1S/C23H19FO5/c1-27-22(25)18-10-6-16(7-11-18)15-29-23(26)20-4-2-3-5-21(20)28-14-17-8-12-19(24)13-9-17/h2-13H,14-15H2,1H3. The number of esters is 2. The largest absolute Gasteiger partial charge is 0.488 e. The highest BCUT2D eigenvalue weighted by molar-refractivity contribution is 5.92. The smallest absolute Gasteiger partial charge is 0.342 e. The van der Waals surface area contributed by atoms with Crippen LogP contribution in [0.15, 0.2) is 72.8 Å². The number of carbonyl (C=O) groups excluding carboxylic acids is 2. The van der Waals surface area contributed by atoms with E-state index in [2.05, 4.69) is 4.74 Å². The third-order valence-electron chi connectivity index (χ3n) is 4.16. The van der Waals surface area contributed by atoms with Gasteiger partial charge in [0.15, 0.2) is 0 Å². The Morgan fingerprint density at radius 1 is 0.793 bits per heavy atom. The van der Waals surface area contributed by atoms with Crippen LogP contribution in [0.3, 0.4) is 0 Å². The molecule has 0 saturated heterocycles. The number of rotatable bonds is 7. The normalized spacial score (nSPS) is 10.3. The zero-order valence-electron chi connectivity index (χ0n) is 15.8. The van der Waals surface area contributed by atoms with Gasteiger partial charge in [0.25, 0.3) is 0 Å². The topological polar surface area (TPSA) is 61.8 Å². The molecule has 0 fully saturated rings. The first-order valence-electron chi connectivity index (χ1n) is 8.87. The van der Waals surface area contributed by atoms with E-state index in [-0.39, 0.29) is 19.0 Å². The molecule has 3 rings (SSSR count). The summed E-state index contributed by atoms with van der Waals surface area (Å²) < 4.78 is 28.7. The van der Waals surface area contributed by atoms with Crippen LogP contribution in [0, 0.1) is 5.82 Å². The molecular weight excluding hydrogens is 375 g/mol. The van der Waals surface area contributed by atoms with E-state index in [1.54, 1.807) is 60.7 Å². The van der Waals surface area contributed by atoms with E-state index in [0.717, 1.165) is 11.1 Å². The fourth-order valence-electron chi connectivity index (χ4n) is 2.58. The van der Waals surface area contributed by atoms with Gasteiger partial charge in [0.05, 0.1) is 12.7 Å². The van der Waals surface area contributed by atoms with Crippen molar-refractivity contribution in [2.45, 2.75) is 13.2 Å². The molecule has 148 valence electrons. The summed E-state index contributed by atoms with van der Waals surface area (Å²) in [7, 11) is 1.31. The van der Waals surface area contributed by atoms with E-state index >= 15 is 0 Å². The highest BCUT2D eigenvalue weighted by Gasteiger charge is 2.14. The molecule has 3 aromatic carbocycles. The van der Waals surface area contributed by atoms with Crippen LogP contribution in [0.25, 0.3) is 0 Å². The van der Waals surface area contributed by atoms with Crippen molar-refractivity contribution >= 4 is 11.9 Å². The maximum absolute atomic E-state index is 13.0. The number of hydrogen-bond donors (Lipinski definition) is 0. The van der Waals surface area contributed by atoms with E-state index in [1.807, 2.05) is 0 Å². The molecule has 0 aromatic heterocycles. The Morgan fingerprint density at radius 3 is 2.10 bits per heavy atom. The maximum atomic E-state index is 13.0. The molecule has 0 N–H and O–H groups in total. The Morgan fingerprint density at radius 2 is 1.41 bits per heavy atom. The van der Waals surface area contributed by atoms with Crippen LogP contribution in [0.2, 0.25) is 0 Å². The summed E-state index contributed by atoms with van der Waals surface area (Å²) in [6.45, 7) is 0.242. The van der Waals surface area contributed by atoms with Crippen molar-refractivity contribution in [2.75, 3.05) is 7.11 Å². The lowest BCUT2D eigenvalue weighted by atomic mass is 10.1. The van der Waals surface area contributed by atoms with Crippen molar-refractivity contribution in [2.24, 2.45) is 0 Å². The van der Waals surface area contributed by atoms with Crippen molar-refractivity contribution < 1.29 is 28.2 Å². The maximum Gasteiger partial charge on any atom is 0.342 e. The summed E-state index contributed by atoms with van der Waals surface area (Å²) in [6, 6.07) is 19.3. The molecule has 0 atom stereocenters. The molecule has 3 aromatic rings. The van der Waals surface area contributed by atoms with Gasteiger partial charge in [0, 0.05) is 0 Å². The van der Waals surface area contributed by atoms with Crippen LogP contribution >= 0.6 is 0 Å². The highest BCUT2D eigenvalue weighted by Crippen LogP contribution is 2.21. The zero-order chi connectivity index (χ0) is 20.6. The van der Waals surface area contributed by atoms with Gasteiger partial charge in [0.1, 0.15) is 30.3 Å². The van der Waals surface area contributed by atoms with Gasteiger partial charge in [-0.05, 0) is 47.5 Å². The van der Waals surface area contributed by atoms with Gasteiger partial charge in [-0.15, -0.1) is 0 Å². The van der Waals surface area contributed by atoms with E-state index in [1.165, 1.54) is 19.2 Å². The van der Waals surface area contributed by atoms with E-state index in [4.69, 9.17) is 9.47 Å². The quantitative estimate of drug-likeness (QED) is 0.550. The Labute approximate surface area is 167 Å². The van der Waals surface area contributed by atoms with Crippen LogP contribution in [-0.4, -0.2) is 19.0 Å². The van der Waals surface area contributed by atoms with Gasteiger partial charge in [-0.25, -0.2) is 14.0 Å². The van der Waals surface area contributed by atoms with Crippen LogP contribution in [-0.2, 0) is 22.7 Å². The lowest BCUT2D eigenvalue weighted by Gasteiger charge is -2.11.